The van der Waals surface area contributed by atoms with Crippen LogP contribution in [0.3, 0.4) is 0 Å². The third-order valence-corrected chi connectivity index (χ3v) is 2.74. The summed E-state index contributed by atoms with van der Waals surface area (Å²) in [6.07, 6.45) is 17.8. The van der Waals surface area contributed by atoms with Crippen molar-refractivity contribution < 1.29 is 0 Å². The molecule has 0 atom stereocenters. The van der Waals surface area contributed by atoms with Gasteiger partial charge in [-0.2, -0.15) is 0 Å². The molecule has 0 heterocycles. The van der Waals surface area contributed by atoms with Crippen molar-refractivity contribution in [3.05, 3.63) is 12.2 Å². The van der Waals surface area contributed by atoms with Crippen LogP contribution in [0.25, 0.3) is 0 Å². The van der Waals surface area contributed by atoms with Crippen LogP contribution in [0.15, 0.2) is 12.2 Å². The van der Waals surface area contributed by atoms with Gasteiger partial charge in [0.25, 0.3) is 0 Å². The number of allylic oxidation sites excluding steroid dienone is 1. The molecule has 0 bridgehead atoms. The molecule has 0 aliphatic heterocycles. The van der Waals surface area contributed by atoms with E-state index >= 15 is 0 Å². The van der Waals surface area contributed by atoms with Gasteiger partial charge in [-0.3, -0.25) is 0 Å². The maximum atomic E-state index is 5.20. The second-order valence-corrected chi connectivity index (χ2v) is 4.33. The number of hydrogen-bond donors (Lipinski definition) is 0. The van der Waals surface area contributed by atoms with Crippen LogP contribution < -0.4 is 0 Å². The lowest BCUT2D eigenvalue weighted by atomic mass is 10.0. The maximum Gasteiger partial charge on any atom is 0.00891 e. The Morgan fingerprint density at radius 1 is 1.00 bits per heavy atom. The average Bonchev–Trinajstić information content (AvgIpc) is 2.23. The minimum Gasteiger partial charge on any atom is -0.120 e. The average molecular weight is 206 g/mol. The molecule has 0 aromatic rings. The van der Waals surface area contributed by atoms with Gasteiger partial charge >= 0.3 is 0 Å². The van der Waals surface area contributed by atoms with Crippen LogP contribution in [0.5, 0.6) is 0 Å². The van der Waals surface area contributed by atoms with Crippen LogP contribution in [-0.2, 0) is 0 Å². The van der Waals surface area contributed by atoms with Gasteiger partial charge < -0.3 is 0 Å². The van der Waals surface area contributed by atoms with Gasteiger partial charge in [0.2, 0.25) is 0 Å². The molecule has 0 aliphatic carbocycles. The lowest BCUT2D eigenvalue weighted by Gasteiger charge is -2.04. The predicted molar refractivity (Wildman–Crippen MR) is 69.8 cm³/mol. The molecule has 0 saturated heterocycles. The second-order valence-electron chi connectivity index (χ2n) is 4.33. The van der Waals surface area contributed by atoms with Crippen molar-refractivity contribution in [1.82, 2.24) is 0 Å². The molecule has 0 aliphatic rings. The molecule has 0 saturated carbocycles. The lowest BCUT2D eigenvalue weighted by molar-refractivity contribution is 0.601. The highest BCUT2D eigenvalue weighted by molar-refractivity contribution is 4.95. The highest BCUT2D eigenvalue weighted by atomic mass is 14.0. The third-order valence-electron chi connectivity index (χ3n) is 2.74. The lowest BCUT2D eigenvalue weighted by Crippen LogP contribution is -1.84. The first-order chi connectivity index (χ1) is 7.31. The molecule has 0 aromatic carbocycles. The molecular weight excluding hydrogens is 180 g/mol. The molecule has 0 spiro atoms. The Balaban J connectivity index is 3.14. The molecule has 0 amide bonds. The normalized spacial score (nSPS) is 9.87. The minimum absolute atomic E-state index is 0.898. The van der Waals surface area contributed by atoms with Crippen LogP contribution in [-0.4, -0.2) is 0 Å². The second kappa shape index (κ2) is 11.4. The van der Waals surface area contributed by atoms with E-state index in [4.69, 9.17) is 6.42 Å². The molecule has 86 valence electrons. The highest BCUT2D eigenvalue weighted by Gasteiger charge is 1.95. The van der Waals surface area contributed by atoms with E-state index in [-0.39, 0.29) is 0 Å². The molecule has 0 aromatic heterocycles. The first-order valence-electron chi connectivity index (χ1n) is 6.41. The Bertz CT molecular complexity index is 183. The highest BCUT2D eigenvalue weighted by Crippen LogP contribution is 2.14. The summed E-state index contributed by atoms with van der Waals surface area (Å²) in [6, 6.07) is 0. The summed E-state index contributed by atoms with van der Waals surface area (Å²) < 4.78 is 0. The van der Waals surface area contributed by atoms with Gasteiger partial charge in [-0.25, -0.2) is 0 Å². The molecule has 0 N–H and O–H groups in total. The predicted octanol–water partition coefficient (Wildman–Crippen LogP) is 5.10. The van der Waals surface area contributed by atoms with Crippen molar-refractivity contribution in [1.29, 1.82) is 0 Å². The van der Waals surface area contributed by atoms with E-state index in [1.807, 2.05) is 0 Å². The third kappa shape index (κ3) is 11.2. The van der Waals surface area contributed by atoms with E-state index in [1.54, 1.807) is 0 Å². The van der Waals surface area contributed by atoms with Crippen molar-refractivity contribution in [3.63, 3.8) is 0 Å². The summed E-state index contributed by atoms with van der Waals surface area (Å²) in [5, 5.41) is 0. The van der Waals surface area contributed by atoms with Gasteiger partial charge in [-0.15, -0.1) is 12.3 Å². The molecule has 15 heavy (non-hydrogen) atoms. The largest absolute Gasteiger partial charge is 0.120 e. The topological polar surface area (TPSA) is 0 Å². The van der Waals surface area contributed by atoms with Gasteiger partial charge in [0, 0.05) is 6.42 Å². The Morgan fingerprint density at radius 3 is 2.27 bits per heavy atom. The van der Waals surface area contributed by atoms with Crippen LogP contribution in [0.4, 0.5) is 0 Å². The van der Waals surface area contributed by atoms with Crippen molar-refractivity contribution in [3.8, 4) is 12.3 Å². The van der Waals surface area contributed by atoms with Crippen molar-refractivity contribution in [2.24, 2.45) is 0 Å². The minimum atomic E-state index is 0.898. The molecule has 0 nitrogen and oxygen atoms in total. The zero-order valence-corrected chi connectivity index (χ0v) is 10.4. The van der Waals surface area contributed by atoms with Crippen molar-refractivity contribution >= 4 is 0 Å². The SMILES string of the molecule is C#CCCCC(=C)CCCCCCCC. The van der Waals surface area contributed by atoms with Gasteiger partial charge in [0.05, 0.1) is 0 Å². The number of rotatable bonds is 10. The standard InChI is InChI=1S/C15H26/c1-4-6-8-9-10-12-14-15(3)13-11-7-5-2/h2H,3-4,6-14H2,1H3. The number of unbranched alkanes of at least 4 members (excludes halogenated alkanes) is 6. The quantitative estimate of drug-likeness (QED) is 0.265. The first-order valence-corrected chi connectivity index (χ1v) is 6.41. The monoisotopic (exact) mass is 206 g/mol. The number of terminal acetylenes is 1. The van der Waals surface area contributed by atoms with E-state index in [0.717, 1.165) is 19.3 Å². The van der Waals surface area contributed by atoms with E-state index in [9.17, 15) is 0 Å². The molecule has 0 fully saturated rings. The van der Waals surface area contributed by atoms with Gasteiger partial charge in [-0.1, -0.05) is 51.2 Å². The molecular formula is C15H26. The Kier molecular flexibility index (Phi) is 10.8. The molecule has 0 radical (unpaired) electrons. The first kappa shape index (κ1) is 14.3. The fraction of sp³-hybridized carbons (Fsp3) is 0.733. The van der Waals surface area contributed by atoms with Gasteiger partial charge in [0.1, 0.15) is 0 Å². The summed E-state index contributed by atoms with van der Waals surface area (Å²) in [5.41, 5.74) is 1.39. The Labute approximate surface area is 96.2 Å². The van der Waals surface area contributed by atoms with Crippen molar-refractivity contribution in [2.45, 2.75) is 71.1 Å². The van der Waals surface area contributed by atoms with Crippen LogP contribution >= 0.6 is 0 Å². The zero-order valence-electron chi connectivity index (χ0n) is 10.4. The van der Waals surface area contributed by atoms with E-state index in [1.165, 1.54) is 50.5 Å². The zero-order chi connectivity index (χ0) is 11.4. The number of hydrogen-bond acceptors (Lipinski definition) is 0. The van der Waals surface area contributed by atoms with Crippen LogP contribution in [0.1, 0.15) is 71.1 Å². The van der Waals surface area contributed by atoms with E-state index < -0.39 is 0 Å². The van der Waals surface area contributed by atoms with Crippen molar-refractivity contribution in [2.75, 3.05) is 0 Å². The van der Waals surface area contributed by atoms with Gasteiger partial charge in [-0.05, 0) is 25.7 Å². The summed E-state index contributed by atoms with van der Waals surface area (Å²) >= 11 is 0. The Morgan fingerprint density at radius 2 is 1.60 bits per heavy atom. The summed E-state index contributed by atoms with van der Waals surface area (Å²) in [7, 11) is 0. The Hall–Kier alpha value is -0.700. The summed E-state index contributed by atoms with van der Waals surface area (Å²) in [4.78, 5) is 0. The summed E-state index contributed by atoms with van der Waals surface area (Å²) in [5.74, 6) is 2.67. The van der Waals surface area contributed by atoms with Crippen LogP contribution in [0, 0.1) is 12.3 Å². The fourth-order valence-electron chi connectivity index (χ4n) is 1.72. The van der Waals surface area contributed by atoms with E-state index in [2.05, 4.69) is 19.4 Å². The molecule has 0 heteroatoms. The van der Waals surface area contributed by atoms with Gasteiger partial charge in [0.15, 0.2) is 0 Å². The molecule has 0 rings (SSSR count). The maximum absolute atomic E-state index is 5.20. The van der Waals surface area contributed by atoms with Crippen LogP contribution in [0.2, 0.25) is 0 Å². The molecule has 0 unspecified atom stereocenters. The smallest absolute Gasteiger partial charge is 0.00891 e. The summed E-state index contributed by atoms with van der Waals surface area (Å²) in [6.45, 7) is 6.35. The van der Waals surface area contributed by atoms with E-state index in [0.29, 0.717) is 0 Å². The fourth-order valence-corrected chi connectivity index (χ4v) is 1.72.